The summed E-state index contributed by atoms with van der Waals surface area (Å²) in [4.78, 5) is 5.46. The topological polar surface area (TPSA) is 37.5 Å². The Hall–Kier alpha value is -0.520. The predicted octanol–water partition coefficient (Wildman–Crippen LogP) is 2.78. The van der Waals surface area contributed by atoms with Crippen molar-refractivity contribution in [2.24, 2.45) is 0 Å². The number of thiazole rings is 1. The van der Waals surface area contributed by atoms with Crippen LogP contribution in [0.1, 0.15) is 26.5 Å². The molecule has 0 spiro atoms. The van der Waals surface area contributed by atoms with E-state index in [1.54, 1.807) is 23.1 Å². The van der Waals surface area contributed by atoms with Gasteiger partial charge in [-0.1, -0.05) is 32.5 Å². The molecule has 0 saturated carbocycles. The molecule has 0 aliphatic carbocycles. The largest absolute Gasteiger partial charge is 0.390 e. The maximum atomic E-state index is 9.35. The normalized spacial score (nSPS) is 12.5. The van der Waals surface area contributed by atoms with Crippen LogP contribution in [0.25, 0.3) is 4.96 Å². The van der Waals surface area contributed by atoms with Gasteiger partial charge in [0.25, 0.3) is 0 Å². The van der Waals surface area contributed by atoms with Crippen LogP contribution in [0.2, 0.25) is 0 Å². The molecule has 0 atom stereocenters. The van der Waals surface area contributed by atoms with E-state index in [1.807, 2.05) is 16.0 Å². The van der Waals surface area contributed by atoms with Crippen LogP contribution in [0.5, 0.6) is 0 Å². The Kier molecular flexibility index (Phi) is 2.79. The fourth-order valence-electron chi connectivity index (χ4n) is 1.33. The number of thioether (sulfide) groups is 1. The van der Waals surface area contributed by atoms with Crippen molar-refractivity contribution in [2.45, 2.75) is 37.2 Å². The van der Waals surface area contributed by atoms with Gasteiger partial charge in [-0.25, -0.2) is 4.98 Å². The van der Waals surface area contributed by atoms with Crippen molar-refractivity contribution in [3.63, 3.8) is 0 Å². The monoisotopic (exact) mass is 242 g/mol. The zero-order valence-corrected chi connectivity index (χ0v) is 10.7. The molecule has 2 heterocycles. The van der Waals surface area contributed by atoms with Crippen LogP contribution in [0.15, 0.2) is 16.6 Å². The molecule has 2 aromatic heterocycles. The average molecular weight is 242 g/mol. The number of imidazole rings is 1. The third-order valence-electron chi connectivity index (χ3n) is 1.88. The lowest BCUT2D eigenvalue weighted by Crippen LogP contribution is -2.07. The molecule has 0 unspecified atom stereocenters. The molecular formula is C10H14N2OS2. The lowest BCUT2D eigenvalue weighted by molar-refractivity contribution is 0.272. The molecule has 82 valence electrons. The Labute approximate surface area is 97.2 Å². The van der Waals surface area contributed by atoms with Gasteiger partial charge in [0.15, 0.2) is 4.96 Å². The van der Waals surface area contributed by atoms with Crippen LogP contribution in [0.4, 0.5) is 0 Å². The van der Waals surface area contributed by atoms with Gasteiger partial charge in [0.05, 0.1) is 12.3 Å². The molecule has 1 N–H and O–H groups in total. The van der Waals surface area contributed by atoms with Crippen LogP contribution < -0.4 is 0 Å². The highest BCUT2D eigenvalue weighted by molar-refractivity contribution is 8.00. The lowest BCUT2D eigenvalue weighted by Gasteiger charge is -2.16. The number of aliphatic hydroxyl groups excluding tert-OH is 1. The molecule has 0 fully saturated rings. The molecular weight excluding hydrogens is 228 g/mol. The minimum atomic E-state index is 0.0380. The number of nitrogens with zero attached hydrogens (tertiary/aromatic N) is 2. The van der Waals surface area contributed by atoms with Gasteiger partial charge in [0, 0.05) is 16.3 Å². The van der Waals surface area contributed by atoms with Gasteiger partial charge in [-0.3, -0.25) is 4.40 Å². The molecule has 0 saturated heterocycles. The summed E-state index contributed by atoms with van der Waals surface area (Å²) in [5.74, 6) is 0. The molecule has 0 amide bonds. The van der Waals surface area contributed by atoms with Gasteiger partial charge in [0.2, 0.25) is 0 Å². The molecule has 0 aromatic carbocycles. The van der Waals surface area contributed by atoms with E-state index >= 15 is 0 Å². The van der Waals surface area contributed by atoms with Crippen molar-refractivity contribution in [1.82, 2.24) is 9.38 Å². The average Bonchev–Trinajstić information content (AvgIpc) is 2.60. The molecule has 15 heavy (non-hydrogen) atoms. The fourth-order valence-corrected chi connectivity index (χ4v) is 3.11. The Bertz CT molecular complexity index is 467. The standard InChI is InChI=1S/C10H14N2OS2/c1-10(2,3)15-8-7(6-13)12-4-5-14-9(12)11-8/h4-5,13H,6H2,1-3H3. The SMILES string of the molecule is CC(C)(C)Sc1nc2sccn2c1CO. The van der Waals surface area contributed by atoms with E-state index in [9.17, 15) is 5.11 Å². The number of fused-ring (bicyclic) bond motifs is 1. The minimum absolute atomic E-state index is 0.0380. The first-order valence-electron chi connectivity index (χ1n) is 4.75. The maximum absolute atomic E-state index is 9.35. The summed E-state index contributed by atoms with van der Waals surface area (Å²) in [6, 6.07) is 0. The number of hydrogen-bond donors (Lipinski definition) is 1. The Morgan fingerprint density at radius 3 is 2.87 bits per heavy atom. The van der Waals surface area contributed by atoms with E-state index in [0.717, 1.165) is 15.7 Å². The molecule has 5 heteroatoms. The van der Waals surface area contributed by atoms with Crippen molar-refractivity contribution >= 4 is 28.1 Å². The molecule has 0 radical (unpaired) electrons. The highest BCUT2D eigenvalue weighted by atomic mass is 32.2. The van der Waals surface area contributed by atoms with E-state index < -0.39 is 0 Å². The fraction of sp³-hybridized carbons (Fsp3) is 0.500. The van der Waals surface area contributed by atoms with Crippen molar-refractivity contribution in [3.8, 4) is 0 Å². The highest BCUT2D eigenvalue weighted by Gasteiger charge is 2.19. The van der Waals surface area contributed by atoms with E-state index in [-0.39, 0.29) is 11.4 Å². The molecule has 0 aliphatic rings. The second-order valence-corrected chi connectivity index (χ2v) is 6.98. The predicted molar refractivity (Wildman–Crippen MR) is 64.6 cm³/mol. The van der Waals surface area contributed by atoms with E-state index in [0.29, 0.717) is 0 Å². The number of hydrogen-bond acceptors (Lipinski definition) is 4. The van der Waals surface area contributed by atoms with Crippen molar-refractivity contribution in [1.29, 1.82) is 0 Å². The first-order chi connectivity index (χ1) is 7.01. The molecule has 2 aromatic rings. The second kappa shape index (κ2) is 3.81. The number of aromatic nitrogens is 2. The summed E-state index contributed by atoms with van der Waals surface area (Å²) in [6.45, 7) is 6.47. The third kappa shape index (κ3) is 2.19. The van der Waals surface area contributed by atoms with Gasteiger partial charge >= 0.3 is 0 Å². The van der Waals surface area contributed by atoms with Crippen molar-refractivity contribution in [2.75, 3.05) is 0 Å². The van der Waals surface area contributed by atoms with Crippen LogP contribution in [0, 0.1) is 0 Å². The van der Waals surface area contributed by atoms with E-state index in [2.05, 4.69) is 25.8 Å². The van der Waals surface area contributed by atoms with Crippen LogP contribution >= 0.6 is 23.1 Å². The zero-order valence-electron chi connectivity index (χ0n) is 9.02. The minimum Gasteiger partial charge on any atom is -0.390 e. The molecule has 2 rings (SSSR count). The first kappa shape index (κ1) is 11.0. The maximum Gasteiger partial charge on any atom is 0.195 e. The Morgan fingerprint density at radius 1 is 1.53 bits per heavy atom. The van der Waals surface area contributed by atoms with Crippen molar-refractivity contribution < 1.29 is 5.11 Å². The second-order valence-electron chi connectivity index (χ2n) is 4.29. The molecule has 0 aliphatic heterocycles. The zero-order chi connectivity index (χ0) is 11.1. The lowest BCUT2D eigenvalue weighted by atomic mass is 10.3. The summed E-state index contributed by atoms with van der Waals surface area (Å²) >= 11 is 3.29. The van der Waals surface area contributed by atoms with E-state index in [4.69, 9.17) is 0 Å². The summed E-state index contributed by atoms with van der Waals surface area (Å²) in [7, 11) is 0. The first-order valence-corrected chi connectivity index (χ1v) is 6.45. The Morgan fingerprint density at radius 2 is 2.27 bits per heavy atom. The van der Waals surface area contributed by atoms with Crippen LogP contribution in [-0.2, 0) is 6.61 Å². The summed E-state index contributed by atoms with van der Waals surface area (Å²) in [6.07, 6.45) is 1.95. The highest BCUT2D eigenvalue weighted by Crippen LogP contribution is 2.34. The van der Waals surface area contributed by atoms with Gasteiger partial charge in [-0.05, 0) is 0 Å². The molecule has 0 bridgehead atoms. The van der Waals surface area contributed by atoms with Gasteiger partial charge in [-0.15, -0.1) is 11.3 Å². The van der Waals surface area contributed by atoms with Crippen molar-refractivity contribution in [3.05, 3.63) is 17.3 Å². The van der Waals surface area contributed by atoms with Crippen LogP contribution in [-0.4, -0.2) is 19.2 Å². The number of rotatable bonds is 2. The van der Waals surface area contributed by atoms with Gasteiger partial charge < -0.3 is 5.11 Å². The summed E-state index contributed by atoms with van der Waals surface area (Å²) in [5.41, 5.74) is 0.895. The van der Waals surface area contributed by atoms with Crippen LogP contribution in [0.3, 0.4) is 0 Å². The van der Waals surface area contributed by atoms with E-state index in [1.165, 1.54) is 0 Å². The summed E-state index contributed by atoms with van der Waals surface area (Å²) in [5, 5.41) is 12.3. The van der Waals surface area contributed by atoms with Gasteiger partial charge in [-0.2, -0.15) is 0 Å². The summed E-state index contributed by atoms with van der Waals surface area (Å²) < 4.78 is 2.08. The molecule has 3 nitrogen and oxygen atoms in total. The smallest absolute Gasteiger partial charge is 0.195 e. The van der Waals surface area contributed by atoms with Gasteiger partial charge in [0.1, 0.15) is 5.03 Å². The third-order valence-corrected chi connectivity index (χ3v) is 3.77. The Balaban J connectivity index is 2.46. The quantitative estimate of drug-likeness (QED) is 0.823. The number of aliphatic hydroxyl groups is 1.